The molecule has 0 radical (unpaired) electrons. The Hall–Kier alpha value is -2.10. The maximum absolute atomic E-state index is 11.9. The molecule has 0 heterocycles. The molecule has 0 fully saturated rings. The van der Waals surface area contributed by atoms with E-state index in [1.54, 1.807) is 12.1 Å². The summed E-state index contributed by atoms with van der Waals surface area (Å²) in [4.78, 5) is 22.7. The quantitative estimate of drug-likeness (QED) is 0.238. The van der Waals surface area contributed by atoms with Crippen LogP contribution >= 0.6 is 0 Å². The summed E-state index contributed by atoms with van der Waals surface area (Å²) in [6, 6.07) is 6.25. The van der Waals surface area contributed by atoms with Crippen LogP contribution in [0.1, 0.15) is 101 Å². The second-order valence-electron chi connectivity index (χ2n) is 7.41. The molecule has 0 saturated carbocycles. The summed E-state index contributed by atoms with van der Waals surface area (Å²) in [5, 5.41) is 11.7. The maximum atomic E-state index is 11.9. The van der Waals surface area contributed by atoms with E-state index >= 15 is 0 Å². The predicted molar refractivity (Wildman–Crippen MR) is 117 cm³/mol. The van der Waals surface area contributed by atoms with Crippen LogP contribution in [-0.2, 0) is 4.79 Å². The van der Waals surface area contributed by atoms with E-state index in [-0.39, 0.29) is 11.5 Å². The molecule has 0 saturated heterocycles. The summed E-state index contributed by atoms with van der Waals surface area (Å²) in [7, 11) is 0. The van der Waals surface area contributed by atoms with E-state index in [1.807, 2.05) is 0 Å². The monoisotopic (exact) mass is 387 g/mol. The van der Waals surface area contributed by atoms with Gasteiger partial charge in [0.25, 0.3) is 0 Å². The molecule has 0 spiro atoms. The molecule has 1 aromatic rings. The van der Waals surface area contributed by atoms with Crippen molar-refractivity contribution in [2.75, 3.05) is 5.32 Å². The molecule has 0 aliphatic heterocycles. The first-order valence-electron chi connectivity index (χ1n) is 10.9. The van der Waals surface area contributed by atoms with Gasteiger partial charge >= 0.3 is 5.97 Å². The number of benzene rings is 1. The van der Waals surface area contributed by atoms with Gasteiger partial charge in [0.05, 0.1) is 5.56 Å². The van der Waals surface area contributed by atoms with Gasteiger partial charge in [-0.15, -0.1) is 0 Å². The van der Waals surface area contributed by atoms with Gasteiger partial charge in [0.2, 0.25) is 5.91 Å². The van der Waals surface area contributed by atoms with Crippen molar-refractivity contribution in [3.8, 4) is 0 Å². The average Bonchev–Trinajstić information content (AvgIpc) is 2.68. The highest BCUT2D eigenvalue weighted by atomic mass is 16.4. The summed E-state index contributed by atoms with van der Waals surface area (Å²) < 4.78 is 0. The summed E-state index contributed by atoms with van der Waals surface area (Å²) >= 11 is 0. The maximum Gasteiger partial charge on any atom is 0.335 e. The number of aromatic carboxylic acids is 1. The highest BCUT2D eigenvalue weighted by Gasteiger charge is 2.04. The summed E-state index contributed by atoms with van der Waals surface area (Å²) in [6.07, 6.45) is 19.9. The van der Waals surface area contributed by atoms with Crippen LogP contribution < -0.4 is 5.32 Å². The van der Waals surface area contributed by atoms with Gasteiger partial charge in [-0.25, -0.2) is 4.79 Å². The molecule has 0 bridgehead atoms. The molecule has 4 heteroatoms. The van der Waals surface area contributed by atoms with Crippen LogP contribution in [0.5, 0.6) is 0 Å². The van der Waals surface area contributed by atoms with E-state index in [4.69, 9.17) is 5.11 Å². The first-order chi connectivity index (χ1) is 13.6. The van der Waals surface area contributed by atoms with Crippen molar-refractivity contribution in [1.29, 1.82) is 0 Å². The Morgan fingerprint density at radius 3 is 1.93 bits per heavy atom. The Kier molecular flexibility index (Phi) is 13.6. The number of unbranched alkanes of at least 4 members (excludes halogenated alkanes) is 10. The lowest BCUT2D eigenvalue weighted by atomic mass is 10.1. The number of carbonyl (C=O) groups is 2. The highest BCUT2D eigenvalue weighted by Crippen LogP contribution is 2.12. The molecular formula is C24H37NO3. The molecule has 156 valence electrons. The van der Waals surface area contributed by atoms with Gasteiger partial charge in [0.1, 0.15) is 0 Å². The fourth-order valence-electron chi connectivity index (χ4n) is 3.10. The minimum absolute atomic E-state index is 0.00931. The minimum Gasteiger partial charge on any atom is -0.478 e. The third kappa shape index (κ3) is 12.3. The SMILES string of the molecule is CCCCCCC/C=C\CCCCCCCC(=O)Nc1ccc(C(=O)O)cc1. The van der Waals surface area contributed by atoms with E-state index < -0.39 is 5.97 Å². The van der Waals surface area contributed by atoms with Gasteiger partial charge in [-0.05, 0) is 56.4 Å². The van der Waals surface area contributed by atoms with Crippen molar-refractivity contribution in [2.24, 2.45) is 0 Å². The smallest absolute Gasteiger partial charge is 0.335 e. The molecule has 0 atom stereocenters. The molecular weight excluding hydrogens is 350 g/mol. The van der Waals surface area contributed by atoms with Crippen LogP contribution in [0.4, 0.5) is 5.69 Å². The zero-order valence-corrected chi connectivity index (χ0v) is 17.4. The van der Waals surface area contributed by atoms with Crippen molar-refractivity contribution in [3.63, 3.8) is 0 Å². The second-order valence-corrected chi connectivity index (χ2v) is 7.41. The number of carboxylic acids is 1. The van der Waals surface area contributed by atoms with Crippen LogP contribution in [0.25, 0.3) is 0 Å². The molecule has 1 aromatic carbocycles. The van der Waals surface area contributed by atoms with Gasteiger partial charge in [0, 0.05) is 12.1 Å². The van der Waals surface area contributed by atoms with E-state index in [0.717, 1.165) is 12.8 Å². The van der Waals surface area contributed by atoms with Gasteiger partial charge in [0.15, 0.2) is 0 Å². The summed E-state index contributed by atoms with van der Waals surface area (Å²) in [5.74, 6) is -0.972. The Morgan fingerprint density at radius 2 is 1.36 bits per heavy atom. The number of rotatable bonds is 16. The number of anilines is 1. The van der Waals surface area contributed by atoms with Crippen LogP contribution in [0.3, 0.4) is 0 Å². The summed E-state index contributed by atoms with van der Waals surface area (Å²) in [6.45, 7) is 2.25. The molecule has 0 unspecified atom stereocenters. The number of hydrogen-bond acceptors (Lipinski definition) is 2. The van der Waals surface area contributed by atoms with Gasteiger partial charge in [-0.3, -0.25) is 4.79 Å². The highest BCUT2D eigenvalue weighted by molar-refractivity contribution is 5.92. The number of carboxylic acid groups (broad SMARTS) is 1. The van der Waals surface area contributed by atoms with Gasteiger partial charge in [-0.1, -0.05) is 64.0 Å². The number of nitrogens with one attached hydrogen (secondary N) is 1. The molecule has 4 nitrogen and oxygen atoms in total. The second kappa shape index (κ2) is 15.9. The van der Waals surface area contributed by atoms with Gasteiger partial charge < -0.3 is 10.4 Å². The average molecular weight is 388 g/mol. The third-order valence-corrected chi connectivity index (χ3v) is 4.83. The lowest BCUT2D eigenvalue weighted by Gasteiger charge is -2.05. The fourth-order valence-corrected chi connectivity index (χ4v) is 3.10. The van der Waals surface area contributed by atoms with Crippen molar-refractivity contribution < 1.29 is 14.7 Å². The number of carbonyl (C=O) groups excluding carboxylic acids is 1. The first kappa shape index (κ1) is 23.9. The molecule has 0 aliphatic rings. The van der Waals surface area contributed by atoms with Gasteiger partial charge in [-0.2, -0.15) is 0 Å². The Balaban J connectivity index is 1.95. The van der Waals surface area contributed by atoms with Crippen LogP contribution in [-0.4, -0.2) is 17.0 Å². The summed E-state index contributed by atoms with van der Waals surface area (Å²) in [5.41, 5.74) is 0.868. The largest absolute Gasteiger partial charge is 0.478 e. The van der Waals surface area contributed by atoms with Crippen molar-refractivity contribution in [2.45, 2.75) is 90.4 Å². The van der Waals surface area contributed by atoms with E-state index in [2.05, 4.69) is 24.4 Å². The molecule has 1 amide bonds. The van der Waals surface area contributed by atoms with Crippen molar-refractivity contribution in [3.05, 3.63) is 42.0 Å². The molecule has 2 N–H and O–H groups in total. The Labute approximate surface area is 170 Å². The number of hydrogen-bond donors (Lipinski definition) is 2. The molecule has 1 rings (SSSR count). The molecule has 28 heavy (non-hydrogen) atoms. The van der Waals surface area contributed by atoms with E-state index in [0.29, 0.717) is 12.1 Å². The standard InChI is InChI=1S/C24H37NO3/c1-2-3-4-5-6-7-8-9-10-11-12-13-14-15-16-23(26)25-22-19-17-21(18-20-22)24(27)28/h8-9,17-20H,2-7,10-16H2,1H3,(H,25,26)(H,27,28)/b9-8-. The van der Waals surface area contributed by atoms with Crippen LogP contribution in [0.15, 0.2) is 36.4 Å². The lowest BCUT2D eigenvalue weighted by Crippen LogP contribution is -2.11. The van der Waals surface area contributed by atoms with Crippen LogP contribution in [0.2, 0.25) is 0 Å². The minimum atomic E-state index is -0.962. The normalized spacial score (nSPS) is 11.0. The number of amides is 1. The first-order valence-corrected chi connectivity index (χ1v) is 10.9. The number of allylic oxidation sites excluding steroid dienone is 2. The predicted octanol–water partition coefficient (Wildman–Crippen LogP) is 6.97. The van der Waals surface area contributed by atoms with E-state index in [1.165, 1.54) is 76.3 Å². The molecule has 0 aromatic heterocycles. The zero-order chi connectivity index (χ0) is 20.5. The Bertz CT molecular complexity index is 578. The van der Waals surface area contributed by atoms with Crippen molar-refractivity contribution in [1.82, 2.24) is 0 Å². The Morgan fingerprint density at radius 1 is 0.821 bits per heavy atom. The fraction of sp³-hybridized carbons (Fsp3) is 0.583. The third-order valence-electron chi connectivity index (χ3n) is 4.83. The topological polar surface area (TPSA) is 66.4 Å². The van der Waals surface area contributed by atoms with Crippen molar-refractivity contribution >= 4 is 17.6 Å². The zero-order valence-electron chi connectivity index (χ0n) is 17.4. The molecule has 0 aliphatic carbocycles. The van der Waals surface area contributed by atoms with E-state index in [9.17, 15) is 9.59 Å². The lowest BCUT2D eigenvalue weighted by molar-refractivity contribution is -0.116. The van der Waals surface area contributed by atoms with Crippen LogP contribution in [0, 0.1) is 0 Å².